The molecule has 0 aliphatic heterocycles. The zero-order valence-electron chi connectivity index (χ0n) is 8.61. The van der Waals surface area contributed by atoms with E-state index in [0.29, 0.717) is 0 Å². The largest absolute Gasteiger partial charge is 0.479 e. The third-order valence-electron chi connectivity index (χ3n) is 1.33. The van der Waals surface area contributed by atoms with Gasteiger partial charge >= 0.3 is 11.9 Å². The summed E-state index contributed by atoms with van der Waals surface area (Å²) in [5.41, 5.74) is -0.578. The molecule has 0 aromatic carbocycles. The molecule has 5 nitrogen and oxygen atoms in total. The summed E-state index contributed by atoms with van der Waals surface area (Å²) in [5, 5.41) is 17.2. The number of hydrogen-bond donors (Lipinski definition) is 2. The first-order valence-electron chi connectivity index (χ1n) is 4.35. The smallest absolute Gasteiger partial charge is 0.332 e. The fourth-order valence-electron chi connectivity index (χ4n) is 0.771. The molecule has 0 aliphatic carbocycles. The Balaban J connectivity index is 3.81. The van der Waals surface area contributed by atoms with Gasteiger partial charge in [-0.1, -0.05) is 0 Å². The summed E-state index contributed by atoms with van der Waals surface area (Å²) in [6.45, 7) is 5.16. The van der Waals surface area contributed by atoms with E-state index in [2.05, 4.69) is 0 Å². The highest BCUT2D eigenvalue weighted by molar-refractivity contribution is 5.74. The lowest BCUT2D eigenvalue weighted by atomic mass is 10.1. The Morgan fingerprint density at radius 2 is 1.86 bits per heavy atom. The Bertz CT molecular complexity index is 216. The monoisotopic (exact) mass is 204 g/mol. The molecule has 0 rings (SSSR count). The molecule has 82 valence electrons. The number of carbonyl (C=O) groups excluding carboxylic acids is 1. The van der Waals surface area contributed by atoms with Gasteiger partial charge in [0.2, 0.25) is 0 Å². The second-order valence-electron chi connectivity index (χ2n) is 3.98. The molecular formula is C9H16O5. The number of hydrogen-bond acceptors (Lipinski definition) is 4. The highest BCUT2D eigenvalue weighted by Gasteiger charge is 2.19. The van der Waals surface area contributed by atoms with Gasteiger partial charge in [-0.2, -0.15) is 0 Å². The third-order valence-corrected chi connectivity index (χ3v) is 1.33. The molecule has 0 aromatic rings. The van der Waals surface area contributed by atoms with Gasteiger partial charge < -0.3 is 14.9 Å². The average Bonchev–Trinajstić information content (AvgIpc) is 1.96. The molecular weight excluding hydrogens is 188 g/mol. The van der Waals surface area contributed by atoms with Crippen LogP contribution in [0, 0.1) is 0 Å². The second kappa shape index (κ2) is 4.95. The standard InChI is InChI=1S/C9H16O5/c1-9(2,3)14-7(11)5-4-6(10)8(12)13/h6,10H,4-5H2,1-3H3,(H,12,13)/t6-/m0/s1. The molecule has 0 saturated carbocycles. The van der Waals surface area contributed by atoms with Crippen LogP contribution in [0.4, 0.5) is 0 Å². The molecule has 1 atom stereocenters. The number of carbonyl (C=O) groups is 2. The van der Waals surface area contributed by atoms with E-state index in [1.165, 1.54) is 0 Å². The van der Waals surface area contributed by atoms with E-state index in [4.69, 9.17) is 14.9 Å². The Kier molecular flexibility index (Phi) is 4.56. The summed E-state index contributed by atoms with van der Waals surface area (Å²) in [5.74, 6) is -1.83. The van der Waals surface area contributed by atoms with Crippen molar-refractivity contribution in [2.24, 2.45) is 0 Å². The van der Waals surface area contributed by atoms with Crippen LogP contribution < -0.4 is 0 Å². The SMILES string of the molecule is CC(C)(C)OC(=O)CC[C@H](O)C(=O)O. The summed E-state index contributed by atoms with van der Waals surface area (Å²) >= 11 is 0. The van der Waals surface area contributed by atoms with Crippen LogP contribution in [0.2, 0.25) is 0 Å². The Labute approximate surface area is 82.7 Å². The van der Waals surface area contributed by atoms with E-state index >= 15 is 0 Å². The molecule has 0 spiro atoms. The maximum absolute atomic E-state index is 11.1. The van der Waals surface area contributed by atoms with E-state index in [9.17, 15) is 9.59 Å². The van der Waals surface area contributed by atoms with Crippen molar-refractivity contribution in [2.75, 3.05) is 0 Å². The number of aliphatic hydroxyl groups excluding tert-OH is 1. The van der Waals surface area contributed by atoms with Crippen molar-refractivity contribution in [3.8, 4) is 0 Å². The average molecular weight is 204 g/mol. The van der Waals surface area contributed by atoms with Crippen molar-refractivity contribution in [3.05, 3.63) is 0 Å². The van der Waals surface area contributed by atoms with Crippen molar-refractivity contribution in [1.29, 1.82) is 0 Å². The minimum atomic E-state index is -1.50. The summed E-state index contributed by atoms with van der Waals surface area (Å²) in [6, 6.07) is 0. The first-order valence-corrected chi connectivity index (χ1v) is 4.35. The maximum atomic E-state index is 11.1. The lowest BCUT2D eigenvalue weighted by Gasteiger charge is -2.19. The molecule has 0 bridgehead atoms. The van der Waals surface area contributed by atoms with E-state index in [1.807, 2.05) is 0 Å². The van der Waals surface area contributed by atoms with Gasteiger partial charge in [-0.15, -0.1) is 0 Å². The number of rotatable bonds is 4. The highest BCUT2D eigenvalue weighted by Crippen LogP contribution is 2.09. The molecule has 0 unspecified atom stereocenters. The molecule has 0 amide bonds. The summed E-state index contributed by atoms with van der Waals surface area (Å²) in [4.78, 5) is 21.3. The zero-order chi connectivity index (χ0) is 11.4. The van der Waals surface area contributed by atoms with Gasteiger partial charge in [0.05, 0.1) is 0 Å². The first-order chi connectivity index (χ1) is 6.22. The normalized spacial score (nSPS) is 13.4. The summed E-state index contributed by atoms with van der Waals surface area (Å²) in [7, 11) is 0. The molecule has 0 radical (unpaired) electrons. The topological polar surface area (TPSA) is 83.8 Å². The van der Waals surface area contributed by atoms with Crippen LogP contribution in [0.5, 0.6) is 0 Å². The number of aliphatic hydroxyl groups is 1. The second-order valence-corrected chi connectivity index (χ2v) is 3.98. The number of aliphatic carboxylic acids is 1. The molecule has 2 N–H and O–H groups in total. The quantitative estimate of drug-likeness (QED) is 0.653. The molecule has 0 fully saturated rings. The van der Waals surface area contributed by atoms with Gasteiger partial charge in [-0.25, -0.2) is 4.79 Å². The van der Waals surface area contributed by atoms with E-state index < -0.39 is 23.6 Å². The van der Waals surface area contributed by atoms with Crippen molar-refractivity contribution in [3.63, 3.8) is 0 Å². The Morgan fingerprint density at radius 3 is 2.21 bits per heavy atom. The highest BCUT2D eigenvalue weighted by atomic mass is 16.6. The van der Waals surface area contributed by atoms with Crippen LogP contribution in [0.3, 0.4) is 0 Å². The Hall–Kier alpha value is -1.10. The molecule has 5 heteroatoms. The van der Waals surface area contributed by atoms with Crippen LogP contribution in [0.25, 0.3) is 0 Å². The molecule has 0 aromatic heterocycles. The van der Waals surface area contributed by atoms with Crippen LogP contribution in [0.1, 0.15) is 33.6 Å². The predicted molar refractivity (Wildman–Crippen MR) is 48.7 cm³/mol. The van der Waals surface area contributed by atoms with Gasteiger partial charge in [0.1, 0.15) is 5.60 Å². The summed E-state index contributed by atoms with van der Waals surface area (Å²) < 4.78 is 4.92. The fourth-order valence-corrected chi connectivity index (χ4v) is 0.771. The Morgan fingerprint density at radius 1 is 1.36 bits per heavy atom. The van der Waals surface area contributed by atoms with Crippen molar-refractivity contribution in [2.45, 2.75) is 45.3 Å². The van der Waals surface area contributed by atoms with Crippen LogP contribution in [-0.4, -0.2) is 33.9 Å². The first kappa shape index (κ1) is 12.9. The van der Waals surface area contributed by atoms with Crippen LogP contribution in [0.15, 0.2) is 0 Å². The van der Waals surface area contributed by atoms with Gasteiger partial charge in [-0.05, 0) is 27.2 Å². The lowest BCUT2D eigenvalue weighted by Crippen LogP contribution is -2.26. The van der Waals surface area contributed by atoms with Gasteiger partial charge in [0.25, 0.3) is 0 Å². The molecule has 0 aliphatic rings. The molecule has 0 heterocycles. The number of esters is 1. The minimum absolute atomic E-state index is 0.0925. The fraction of sp³-hybridized carbons (Fsp3) is 0.778. The minimum Gasteiger partial charge on any atom is -0.479 e. The van der Waals surface area contributed by atoms with E-state index in [1.54, 1.807) is 20.8 Å². The van der Waals surface area contributed by atoms with Crippen LogP contribution >= 0.6 is 0 Å². The zero-order valence-corrected chi connectivity index (χ0v) is 8.61. The van der Waals surface area contributed by atoms with E-state index in [0.717, 1.165) is 0 Å². The van der Waals surface area contributed by atoms with E-state index in [-0.39, 0.29) is 12.8 Å². The van der Waals surface area contributed by atoms with Crippen LogP contribution in [-0.2, 0) is 14.3 Å². The lowest BCUT2D eigenvalue weighted by molar-refractivity contribution is -0.156. The third kappa shape index (κ3) is 6.42. The van der Waals surface area contributed by atoms with Gasteiger partial charge in [0.15, 0.2) is 6.10 Å². The van der Waals surface area contributed by atoms with Crippen molar-refractivity contribution < 1.29 is 24.5 Å². The van der Waals surface area contributed by atoms with Crippen molar-refractivity contribution in [1.82, 2.24) is 0 Å². The van der Waals surface area contributed by atoms with Gasteiger partial charge in [-0.3, -0.25) is 4.79 Å². The number of carboxylic acids is 1. The van der Waals surface area contributed by atoms with Crippen molar-refractivity contribution >= 4 is 11.9 Å². The molecule has 0 saturated heterocycles. The van der Waals surface area contributed by atoms with Gasteiger partial charge in [0, 0.05) is 6.42 Å². The summed E-state index contributed by atoms with van der Waals surface area (Å²) in [6.07, 6.45) is -1.71. The maximum Gasteiger partial charge on any atom is 0.332 e. The predicted octanol–water partition coefficient (Wildman–Crippen LogP) is 0.554. The number of carboxylic acid groups (broad SMARTS) is 1. The number of ether oxygens (including phenoxy) is 1. The molecule has 14 heavy (non-hydrogen) atoms.